The van der Waals surface area contributed by atoms with E-state index in [4.69, 9.17) is 21.1 Å². The van der Waals surface area contributed by atoms with Crippen LogP contribution in [0.1, 0.15) is 25.3 Å². The first-order chi connectivity index (χ1) is 12.3. The van der Waals surface area contributed by atoms with E-state index in [0.717, 1.165) is 31.0 Å². The molecular formula is C16H20ClF3N3O3+. The van der Waals surface area contributed by atoms with Crippen molar-refractivity contribution in [2.75, 3.05) is 25.2 Å². The Kier molecular flexibility index (Phi) is 7.10. The number of anilines is 1. The van der Waals surface area contributed by atoms with E-state index in [9.17, 15) is 18.0 Å². The number of amidine groups is 1. The summed E-state index contributed by atoms with van der Waals surface area (Å²) in [5.74, 6) is -0.725. The third-order valence-corrected chi connectivity index (χ3v) is 3.96. The standard InChI is InChI=1S/C16H19ClF3N3O3/c1-2-25-15(24)14(21-9-11-4-3-7-26-11)23-22-13-8-10(16(18,19)20)5-6-12(13)17/h5-6,8,11,22H,2-4,7,9H2,1H3,(H,21,23)/p+1/t11-/m0/s1. The van der Waals surface area contributed by atoms with Gasteiger partial charge in [-0.1, -0.05) is 11.6 Å². The second-order valence-corrected chi connectivity index (χ2v) is 5.96. The summed E-state index contributed by atoms with van der Waals surface area (Å²) in [6, 6.07) is 2.84. The van der Waals surface area contributed by atoms with Crippen LogP contribution in [0, 0.1) is 0 Å². The highest BCUT2D eigenvalue weighted by Gasteiger charge is 2.31. The number of hydrazine groups is 1. The van der Waals surface area contributed by atoms with Gasteiger partial charge in [-0.05, 0) is 38.0 Å². The highest BCUT2D eigenvalue weighted by molar-refractivity contribution is 6.34. The number of nitrogens with one attached hydrogen (secondary N) is 3. The molecule has 3 N–H and O–H groups in total. The fourth-order valence-electron chi connectivity index (χ4n) is 2.32. The maximum atomic E-state index is 12.8. The molecule has 0 radical (unpaired) electrons. The fraction of sp³-hybridized carbons (Fsp3) is 0.500. The van der Waals surface area contributed by atoms with Crippen LogP contribution in [-0.2, 0) is 20.4 Å². The van der Waals surface area contributed by atoms with Crippen LogP contribution in [0.5, 0.6) is 0 Å². The predicted octanol–water partition coefficient (Wildman–Crippen LogP) is 1.50. The average molecular weight is 395 g/mol. The number of carbonyl (C=O) groups is 1. The molecular weight excluding hydrogens is 375 g/mol. The van der Waals surface area contributed by atoms with Gasteiger partial charge in [-0.15, -0.1) is 0 Å². The first-order valence-electron chi connectivity index (χ1n) is 8.09. The minimum atomic E-state index is -4.51. The van der Waals surface area contributed by atoms with Crippen LogP contribution in [0.25, 0.3) is 0 Å². The molecule has 0 aliphatic carbocycles. The molecule has 26 heavy (non-hydrogen) atoms. The van der Waals surface area contributed by atoms with Gasteiger partial charge in [0.1, 0.15) is 6.54 Å². The topological polar surface area (TPSA) is 73.6 Å². The summed E-state index contributed by atoms with van der Waals surface area (Å²) in [6.07, 6.45) is -2.76. The first-order valence-corrected chi connectivity index (χ1v) is 8.47. The van der Waals surface area contributed by atoms with E-state index in [2.05, 4.69) is 15.8 Å². The molecule has 0 bridgehead atoms. The van der Waals surface area contributed by atoms with Crippen molar-refractivity contribution < 1.29 is 32.4 Å². The van der Waals surface area contributed by atoms with Crippen LogP contribution >= 0.6 is 11.6 Å². The summed E-state index contributed by atoms with van der Waals surface area (Å²) in [4.78, 5) is 14.9. The van der Waals surface area contributed by atoms with Crippen molar-refractivity contribution >= 4 is 29.1 Å². The quantitative estimate of drug-likeness (QED) is 0.305. The molecule has 0 aromatic heterocycles. The Morgan fingerprint density at radius 1 is 1.46 bits per heavy atom. The molecule has 1 aromatic rings. The third-order valence-electron chi connectivity index (χ3n) is 3.63. The van der Waals surface area contributed by atoms with Crippen molar-refractivity contribution in [1.82, 2.24) is 5.43 Å². The number of esters is 1. The molecule has 10 heteroatoms. The molecule has 6 nitrogen and oxygen atoms in total. The van der Waals surface area contributed by atoms with Crippen LogP contribution < -0.4 is 15.8 Å². The monoisotopic (exact) mass is 394 g/mol. The predicted molar refractivity (Wildman–Crippen MR) is 89.7 cm³/mol. The Balaban J connectivity index is 2.10. The summed E-state index contributed by atoms with van der Waals surface area (Å²) >= 11 is 5.92. The Hall–Kier alpha value is -2.00. The van der Waals surface area contributed by atoms with Gasteiger partial charge in [-0.3, -0.25) is 4.99 Å². The molecule has 1 atom stereocenters. The van der Waals surface area contributed by atoms with Gasteiger partial charge in [0, 0.05) is 6.61 Å². The van der Waals surface area contributed by atoms with Crippen molar-refractivity contribution in [3.63, 3.8) is 0 Å². The van der Waals surface area contributed by atoms with Crippen molar-refractivity contribution in [3.05, 3.63) is 28.8 Å². The molecule has 0 unspecified atom stereocenters. The van der Waals surface area contributed by atoms with Gasteiger partial charge in [-0.25, -0.2) is 10.2 Å². The molecule has 1 aromatic carbocycles. The van der Waals surface area contributed by atoms with Crippen LogP contribution in [0.2, 0.25) is 5.02 Å². The normalized spacial score (nSPS) is 17.9. The molecule has 1 aliphatic rings. The van der Waals surface area contributed by atoms with Crippen molar-refractivity contribution in [3.8, 4) is 0 Å². The summed E-state index contributed by atoms with van der Waals surface area (Å²) in [7, 11) is 0. The fourth-order valence-corrected chi connectivity index (χ4v) is 2.48. The molecule has 1 fully saturated rings. The van der Waals surface area contributed by atoms with Crippen LogP contribution in [0.15, 0.2) is 18.2 Å². The van der Waals surface area contributed by atoms with Crippen LogP contribution in [0.3, 0.4) is 0 Å². The lowest BCUT2D eigenvalue weighted by atomic mass is 10.2. The lowest BCUT2D eigenvalue weighted by molar-refractivity contribution is -0.470. The second kappa shape index (κ2) is 9.09. The summed E-state index contributed by atoms with van der Waals surface area (Å²) in [6.45, 7) is 2.81. The summed E-state index contributed by atoms with van der Waals surface area (Å²) < 4.78 is 48.8. The molecule has 1 heterocycles. The Bertz CT molecular complexity index is 662. The van der Waals surface area contributed by atoms with E-state index in [-0.39, 0.29) is 29.3 Å². The van der Waals surface area contributed by atoms with E-state index < -0.39 is 17.7 Å². The number of carbonyl (C=O) groups excluding carboxylic acids is 1. The number of benzene rings is 1. The number of ether oxygens (including phenoxy) is 2. The van der Waals surface area contributed by atoms with Gasteiger partial charge < -0.3 is 9.47 Å². The summed E-state index contributed by atoms with van der Waals surface area (Å²) in [5, 5.41) is 0.0628. The third kappa shape index (κ3) is 5.77. The number of rotatable bonds is 5. The van der Waals surface area contributed by atoms with Crippen molar-refractivity contribution in [1.29, 1.82) is 0 Å². The van der Waals surface area contributed by atoms with Crippen molar-refractivity contribution in [2.24, 2.45) is 0 Å². The molecule has 1 aliphatic heterocycles. The van der Waals surface area contributed by atoms with Gasteiger partial charge in [-0.2, -0.15) is 18.6 Å². The number of halogens is 4. The Morgan fingerprint density at radius 2 is 2.23 bits per heavy atom. The molecule has 0 amide bonds. The molecule has 144 valence electrons. The lowest BCUT2D eigenvalue weighted by Gasteiger charge is -2.11. The van der Waals surface area contributed by atoms with Crippen LogP contribution in [-0.4, -0.2) is 37.7 Å². The molecule has 0 spiro atoms. The van der Waals surface area contributed by atoms with E-state index in [1.54, 1.807) is 6.92 Å². The maximum Gasteiger partial charge on any atom is 0.423 e. The van der Waals surface area contributed by atoms with Crippen molar-refractivity contribution in [2.45, 2.75) is 32.0 Å². The van der Waals surface area contributed by atoms with E-state index in [1.807, 2.05) is 0 Å². The minimum absolute atomic E-state index is 0.0257. The SMILES string of the molecule is CCOC(=O)C(NNc1cc(C(F)(F)F)ccc1Cl)=[NH+]C[C@@H]1CCCO1. The smallest absolute Gasteiger partial charge is 0.423 e. The van der Waals surface area contributed by atoms with E-state index in [0.29, 0.717) is 13.2 Å². The van der Waals surface area contributed by atoms with Gasteiger partial charge in [0.25, 0.3) is 0 Å². The highest BCUT2D eigenvalue weighted by atomic mass is 35.5. The zero-order chi connectivity index (χ0) is 19.2. The lowest BCUT2D eigenvalue weighted by Crippen LogP contribution is -2.80. The van der Waals surface area contributed by atoms with Gasteiger partial charge in [0.15, 0.2) is 0 Å². The average Bonchev–Trinajstić information content (AvgIpc) is 3.08. The number of hydrogen-bond donors (Lipinski definition) is 3. The number of hydrogen-bond acceptors (Lipinski definition) is 4. The highest BCUT2D eigenvalue weighted by Crippen LogP contribution is 2.33. The first kappa shape index (κ1) is 20.3. The summed E-state index contributed by atoms with van der Waals surface area (Å²) in [5.41, 5.74) is 4.16. The Morgan fingerprint density at radius 3 is 2.85 bits per heavy atom. The van der Waals surface area contributed by atoms with Gasteiger partial charge in [0.05, 0.1) is 29.0 Å². The van der Waals surface area contributed by atoms with E-state index >= 15 is 0 Å². The largest absolute Gasteiger partial charge is 0.457 e. The van der Waals surface area contributed by atoms with Crippen LogP contribution in [0.4, 0.5) is 18.9 Å². The minimum Gasteiger partial charge on any atom is -0.457 e. The second-order valence-electron chi connectivity index (χ2n) is 5.55. The van der Waals surface area contributed by atoms with Gasteiger partial charge in [0.2, 0.25) is 0 Å². The number of alkyl halides is 3. The van der Waals surface area contributed by atoms with Gasteiger partial charge >= 0.3 is 18.0 Å². The zero-order valence-corrected chi connectivity index (χ0v) is 14.8. The van der Waals surface area contributed by atoms with E-state index in [1.165, 1.54) is 0 Å². The zero-order valence-electron chi connectivity index (χ0n) is 14.1. The molecule has 2 rings (SSSR count). The Labute approximate surface area is 153 Å². The molecule has 1 saturated heterocycles. The maximum absolute atomic E-state index is 12.8. The molecule has 0 saturated carbocycles.